The standard InChI is InChI=1S/C20H14N4.2C2H4O2.Co/c1-2-14-10-16-5-6-18(23-16)12-20-8-7-19(24-20)11-17-4-3-15(22-17)9-13(1)21-14;2*1-2(3)4;/h1-12,21,24H;2*1H3,(H,3,4);/q;;;+2/p-2. The van der Waals surface area contributed by atoms with Crippen molar-refractivity contribution in [1.82, 2.24) is 19.9 Å². The predicted octanol–water partition coefficient (Wildman–Crippen LogP) is 2.17. The Kier molecular flexibility index (Phi) is 8.90. The summed E-state index contributed by atoms with van der Waals surface area (Å²) in [4.78, 5) is 33.8. The van der Waals surface area contributed by atoms with Gasteiger partial charge in [-0.2, -0.15) is 0 Å². The SMILES string of the molecule is C1=Cc2cc3ccc(cc4nc(cc5ccc(cc1n2)[nH]5)C=C4)[nH]3.CC(=O)[O-].CC(=O)[O-].[Co+2]. The Morgan fingerprint density at radius 1 is 0.606 bits per heavy atom. The molecule has 8 nitrogen and oxygen atoms in total. The van der Waals surface area contributed by atoms with E-state index >= 15 is 0 Å². The molecule has 0 aromatic carbocycles. The van der Waals surface area contributed by atoms with Crippen molar-refractivity contribution in [3.05, 3.63) is 71.3 Å². The van der Waals surface area contributed by atoms with Gasteiger partial charge >= 0.3 is 16.8 Å². The number of carboxylic acid groups (broad SMARTS) is 2. The van der Waals surface area contributed by atoms with Gasteiger partial charge in [-0.25, -0.2) is 9.97 Å². The molecule has 0 saturated heterocycles. The molecule has 0 saturated carbocycles. The molecule has 8 bridgehead atoms. The van der Waals surface area contributed by atoms with Gasteiger partial charge in [-0.1, -0.05) is 0 Å². The molecule has 169 valence electrons. The number of nitrogens with zero attached hydrogens (tertiary/aromatic N) is 2. The second kappa shape index (κ2) is 11.6. The second-order valence-electron chi connectivity index (χ2n) is 6.89. The zero-order valence-electron chi connectivity index (χ0n) is 17.8. The molecular formula is C24H20CoN4O4. The average Bonchev–Trinajstić information content (AvgIpc) is 3.46. The van der Waals surface area contributed by atoms with E-state index in [0.29, 0.717) is 0 Å². The molecule has 0 amide bonds. The first-order chi connectivity index (χ1) is 15.3. The molecule has 3 aromatic rings. The third-order valence-electron chi connectivity index (χ3n) is 4.04. The molecule has 0 unspecified atom stereocenters. The van der Waals surface area contributed by atoms with Gasteiger partial charge in [-0.05, 0) is 86.7 Å². The van der Waals surface area contributed by atoms with E-state index in [1.54, 1.807) is 0 Å². The summed E-state index contributed by atoms with van der Waals surface area (Å²) in [5.74, 6) is -2.17. The van der Waals surface area contributed by atoms with Crippen molar-refractivity contribution in [1.29, 1.82) is 0 Å². The predicted molar refractivity (Wildman–Crippen MR) is 120 cm³/mol. The van der Waals surface area contributed by atoms with Crippen LogP contribution in [0, 0.1) is 0 Å². The normalized spacial score (nSPS) is 10.7. The molecule has 33 heavy (non-hydrogen) atoms. The smallest absolute Gasteiger partial charge is 0.550 e. The molecule has 9 heteroatoms. The molecule has 0 fully saturated rings. The summed E-state index contributed by atoms with van der Waals surface area (Å²) in [5, 5.41) is 17.8. The number of nitrogens with one attached hydrogen (secondary N) is 2. The van der Waals surface area contributed by atoms with Crippen LogP contribution in [0.5, 0.6) is 0 Å². The van der Waals surface area contributed by atoms with E-state index in [1.807, 2.05) is 48.6 Å². The number of carboxylic acids is 2. The summed E-state index contributed by atoms with van der Waals surface area (Å²) in [5.41, 5.74) is 7.86. The van der Waals surface area contributed by atoms with Crippen molar-refractivity contribution in [2.75, 3.05) is 0 Å². The molecule has 3 aromatic heterocycles. The number of rotatable bonds is 0. The first-order valence-electron chi connectivity index (χ1n) is 9.66. The van der Waals surface area contributed by atoms with Crippen LogP contribution in [0.3, 0.4) is 0 Å². The van der Waals surface area contributed by atoms with Crippen LogP contribution in [-0.4, -0.2) is 31.9 Å². The third kappa shape index (κ3) is 8.24. The maximum atomic E-state index is 8.89. The Morgan fingerprint density at radius 2 is 0.818 bits per heavy atom. The summed E-state index contributed by atoms with van der Waals surface area (Å²) in [6, 6.07) is 16.4. The molecule has 1 radical (unpaired) electrons. The van der Waals surface area contributed by atoms with Gasteiger partial charge in [-0.3, -0.25) is 0 Å². The molecule has 5 rings (SSSR count). The molecule has 2 N–H and O–H groups in total. The Bertz CT molecular complexity index is 1170. The van der Waals surface area contributed by atoms with Crippen LogP contribution in [0.4, 0.5) is 0 Å². The Morgan fingerprint density at radius 3 is 1.03 bits per heavy atom. The third-order valence-corrected chi connectivity index (χ3v) is 4.04. The van der Waals surface area contributed by atoms with Gasteiger partial charge < -0.3 is 29.8 Å². The number of fused-ring (bicyclic) bond motifs is 8. The van der Waals surface area contributed by atoms with Crippen molar-refractivity contribution >= 4 is 58.3 Å². The fourth-order valence-electron chi connectivity index (χ4n) is 2.94. The molecule has 0 atom stereocenters. The van der Waals surface area contributed by atoms with Gasteiger partial charge in [0.2, 0.25) is 0 Å². The zero-order chi connectivity index (χ0) is 23.1. The van der Waals surface area contributed by atoms with Crippen LogP contribution in [0.2, 0.25) is 0 Å². The summed E-state index contributed by atoms with van der Waals surface area (Å²) >= 11 is 0. The fraction of sp³-hybridized carbons (Fsp3) is 0.0833. The molecule has 5 heterocycles. The monoisotopic (exact) mass is 487 g/mol. The minimum absolute atomic E-state index is 0. The number of aliphatic carboxylic acids is 2. The van der Waals surface area contributed by atoms with Gasteiger partial charge in [0, 0.05) is 34.0 Å². The fourth-order valence-corrected chi connectivity index (χ4v) is 2.94. The summed E-state index contributed by atoms with van der Waals surface area (Å²) in [7, 11) is 0. The van der Waals surface area contributed by atoms with E-state index in [-0.39, 0.29) is 16.8 Å². The van der Waals surface area contributed by atoms with E-state index in [9.17, 15) is 0 Å². The van der Waals surface area contributed by atoms with Crippen LogP contribution in [0.15, 0.2) is 48.5 Å². The van der Waals surface area contributed by atoms with Crippen LogP contribution in [0.1, 0.15) is 36.6 Å². The topological polar surface area (TPSA) is 138 Å². The van der Waals surface area contributed by atoms with Crippen LogP contribution in [-0.2, 0) is 26.4 Å². The molecule has 2 aliphatic heterocycles. The largest absolute Gasteiger partial charge is 2.00 e. The molecule has 0 aliphatic carbocycles. The summed E-state index contributed by atoms with van der Waals surface area (Å²) in [6.45, 7) is 1.94. The number of hydrogen-bond acceptors (Lipinski definition) is 6. The van der Waals surface area contributed by atoms with Gasteiger partial charge in [0.05, 0.1) is 22.8 Å². The number of hydrogen-bond donors (Lipinski definition) is 2. The average molecular weight is 487 g/mol. The van der Waals surface area contributed by atoms with Crippen LogP contribution in [0.25, 0.3) is 46.4 Å². The number of H-pyrrole nitrogens is 2. The number of aromatic amines is 2. The van der Waals surface area contributed by atoms with Gasteiger partial charge in [0.25, 0.3) is 0 Å². The van der Waals surface area contributed by atoms with E-state index in [1.165, 1.54) is 0 Å². The van der Waals surface area contributed by atoms with Gasteiger partial charge in [0.15, 0.2) is 0 Å². The van der Waals surface area contributed by atoms with Crippen molar-refractivity contribution in [3.8, 4) is 0 Å². The molecule has 0 spiro atoms. The maximum absolute atomic E-state index is 8.89. The minimum atomic E-state index is -1.08. The Hall–Kier alpha value is -3.95. The van der Waals surface area contributed by atoms with Crippen molar-refractivity contribution in [2.24, 2.45) is 0 Å². The van der Waals surface area contributed by atoms with E-state index in [0.717, 1.165) is 58.7 Å². The zero-order valence-corrected chi connectivity index (χ0v) is 18.8. The Labute approximate surface area is 200 Å². The first-order valence-corrected chi connectivity index (χ1v) is 9.66. The van der Waals surface area contributed by atoms with Crippen LogP contribution < -0.4 is 10.2 Å². The van der Waals surface area contributed by atoms with Crippen molar-refractivity contribution in [2.45, 2.75) is 13.8 Å². The van der Waals surface area contributed by atoms with Crippen molar-refractivity contribution in [3.63, 3.8) is 0 Å². The number of carbonyl (C=O) groups excluding carboxylic acids is 2. The Balaban J connectivity index is 0.000000376. The van der Waals surface area contributed by atoms with Gasteiger partial charge in [-0.15, -0.1) is 0 Å². The number of aromatic nitrogens is 4. The van der Waals surface area contributed by atoms with Crippen molar-refractivity contribution < 1.29 is 36.6 Å². The molecule has 2 aliphatic rings. The maximum Gasteiger partial charge on any atom is 2.00 e. The van der Waals surface area contributed by atoms with E-state index < -0.39 is 11.9 Å². The molecular weight excluding hydrogens is 467 g/mol. The second-order valence-corrected chi connectivity index (χ2v) is 6.89. The minimum Gasteiger partial charge on any atom is -0.550 e. The summed E-state index contributed by atoms with van der Waals surface area (Å²) < 4.78 is 0. The van der Waals surface area contributed by atoms with Gasteiger partial charge in [0.1, 0.15) is 0 Å². The van der Waals surface area contributed by atoms with E-state index in [4.69, 9.17) is 19.8 Å². The summed E-state index contributed by atoms with van der Waals surface area (Å²) in [6.07, 6.45) is 8.09. The quantitative estimate of drug-likeness (QED) is 0.343. The van der Waals surface area contributed by atoms with Crippen LogP contribution >= 0.6 is 0 Å². The van der Waals surface area contributed by atoms with E-state index in [2.05, 4.69) is 44.2 Å². The first kappa shape index (κ1) is 25.3. The number of carbonyl (C=O) groups is 2.